The lowest BCUT2D eigenvalue weighted by Gasteiger charge is -2.40. The van der Waals surface area contributed by atoms with E-state index in [1.807, 2.05) is 18.2 Å². The maximum atomic E-state index is 13.5. The highest BCUT2D eigenvalue weighted by Crippen LogP contribution is 2.34. The van der Waals surface area contributed by atoms with E-state index in [1.54, 1.807) is 25.4 Å². The fraction of sp³-hybridized carbons (Fsp3) is 0.208. The average molecular weight is 485 g/mol. The normalized spacial score (nSPS) is 13.7. The molecule has 0 radical (unpaired) electrons. The first kappa shape index (κ1) is 24.0. The summed E-state index contributed by atoms with van der Waals surface area (Å²) in [6.07, 6.45) is -0.185. The fourth-order valence-electron chi connectivity index (χ4n) is 3.63. The molecular weight excluding hydrogens is 466 g/mol. The number of carbonyl (C=O) groups is 1. The van der Waals surface area contributed by atoms with Crippen molar-refractivity contribution in [1.82, 2.24) is 19.9 Å². The molecule has 0 amide bonds. The molecular formula is C24H19F4N5O2. The largest absolute Gasteiger partial charge is 0.490 e. The van der Waals surface area contributed by atoms with Crippen LogP contribution in [0.4, 0.5) is 23.4 Å². The van der Waals surface area contributed by atoms with Gasteiger partial charge in [0, 0.05) is 54.1 Å². The summed E-state index contributed by atoms with van der Waals surface area (Å²) >= 11 is 0. The second kappa shape index (κ2) is 9.61. The summed E-state index contributed by atoms with van der Waals surface area (Å²) < 4.78 is 45.3. The molecule has 5 rings (SSSR count). The summed E-state index contributed by atoms with van der Waals surface area (Å²) in [4.78, 5) is 28.8. The lowest BCUT2D eigenvalue weighted by Crippen LogP contribution is -2.46. The summed E-state index contributed by atoms with van der Waals surface area (Å²) in [6.45, 7) is 3.35. The number of anilines is 1. The minimum atomic E-state index is -5.08. The second-order valence-electron chi connectivity index (χ2n) is 7.89. The highest BCUT2D eigenvalue weighted by molar-refractivity contribution is 5.80. The molecule has 1 aliphatic rings. The molecule has 35 heavy (non-hydrogen) atoms. The molecule has 1 aliphatic heterocycles. The maximum Gasteiger partial charge on any atom is 0.490 e. The Morgan fingerprint density at radius 3 is 2.43 bits per heavy atom. The van der Waals surface area contributed by atoms with Gasteiger partial charge in [-0.25, -0.2) is 14.8 Å². The van der Waals surface area contributed by atoms with Gasteiger partial charge in [0.2, 0.25) is 5.95 Å². The number of aliphatic carboxylic acids is 1. The molecule has 4 heterocycles. The van der Waals surface area contributed by atoms with E-state index in [9.17, 15) is 17.6 Å². The molecule has 1 N–H and O–H groups in total. The standard InChI is InChI=1S/C22H18FN5.C2HF3O2/c1-14-10-16(11-26-22(14)23)20-21(25-9-8-24-20)17-12-28(13-17)19-7-6-15-4-2-3-5-18(15)27-19;3-2(4,5)1(6)7/h2-11,17H,12-13H2,1H3;(H,6,7). The minimum Gasteiger partial charge on any atom is -0.475 e. The van der Waals surface area contributed by atoms with Crippen LogP contribution in [0.15, 0.2) is 61.1 Å². The number of benzene rings is 1. The number of carboxylic acids is 1. The van der Waals surface area contributed by atoms with Crippen molar-refractivity contribution in [2.45, 2.75) is 19.0 Å². The predicted molar refractivity (Wildman–Crippen MR) is 120 cm³/mol. The number of rotatable bonds is 3. The van der Waals surface area contributed by atoms with Crippen LogP contribution in [0, 0.1) is 12.9 Å². The molecule has 7 nitrogen and oxygen atoms in total. The number of halogens is 4. The first-order chi connectivity index (χ1) is 16.6. The number of aryl methyl sites for hydroxylation is 1. The summed E-state index contributed by atoms with van der Waals surface area (Å²) in [5.41, 5.74) is 3.99. The van der Waals surface area contributed by atoms with Gasteiger partial charge in [-0.15, -0.1) is 0 Å². The Balaban J connectivity index is 0.000000364. The number of alkyl halides is 3. The molecule has 0 bridgehead atoms. The van der Waals surface area contributed by atoms with E-state index in [2.05, 4.69) is 38.1 Å². The molecule has 11 heteroatoms. The first-order valence-corrected chi connectivity index (χ1v) is 10.5. The van der Waals surface area contributed by atoms with Gasteiger partial charge in [0.25, 0.3) is 0 Å². The number of hydrogen-bond acceptors (Lipinski definition) is 6. The SMILES string of the molecule is Cc1cc(-c2nccnc2C2CN(c3ccc4ccccc4n3)C2)cnc1F.O=C(O)C(F)(F)F. The lowest BCUT2D eigenvalue weighted by molar-refractivity contribution is -0.192. The minimum absolute atomic E-state index is 0.252. The average Bonchev–Trinajstić information content (AvgIpc) is 2.80. The van der Waals surface area contributed by atoms with Gasteiger partial charge in [0.15, 0.2) is 0 Å². The van der Waals surface area contributed by atoms with Crippen molar-refractivity contribution >= 4 is 22.7 Å². The van der Waals surface area contributed by atoms with Crippen LogP contribution in [0.2, 0.25) is 0 Å². The Morgan fingerprint density at radius 2 is 1.74 bits per heavy atom. The quantitative estimate of drug-likeness (QED) is 0.330. The third-order valence-electron chi connectivity index (χ3n) is 5.43. The van der Waals surface area contributed by atoms with Crippen molar-refractivity contribution in [2.24, 2.45) is 0 Å². The van der Waals surface area contributed by atoms with Crippen LogP contribution < -0.4 is 4.90 Å². The van der Waals surface area contributed by atoms with E-state index in [-0.39, 0.29) is 5.92 Å². The molecule has 1 saturated heterocycles. The smallest absolute Gasteiger partial charge is 0.475 e. The molecule has 1 aromatic carbocycles. The molecule has 3 aromatic heterocycles. The highest BCUT2D eigenvalue weighted by atomic mass is 19.4. The van der Waals surface area contributed by atoms with Crippen LogP contribution in [-0.2, 0) is 4.79 Å². The van der Waals surface area contributed by atoms with Gasteiger partial charge in [-0.1, -0.05) is 18.2 Å². The molecule has 1 fully saturated rings. The Labute approximate surface area is 197 Å². The number of aromatic nitrogens is 4. The summed E-state index contributed by atoms with van der Waals surface area (Å²) in [5, 5.41) is 8.26. The van der Waals surface area contributed by atoms with Gasteiger partial charge >= 0.3 is 12.1 Å². The molecule has 180 valence electrons. The van der Waals surface area contributed by atoms with E-state index in [0.717, 1.165) is 46.8 Å². The Bertz CT molecular complexity index is 1370. The van der Waals surface area contributed by atoms with E-state index < -0.39 is 18.1 Å². The van der Waals surface area contributed by atoms with Gasteiger partial charge in [-0.3, -0.25) is 9.97 Å². The summed E-state index contributed by atoms with van der Waals surface area (Å²) in [6, 6.07) is 14.1. The van der Waals surface area contributed by atoms with E-state index in [4.69, 9.17) is 14.9 Å². The van der Waals surface area contributed by atoms with Crippen LogP contribution in [0.5, 0.6) is 0 Å². The third kappa shape index (κ3) is 5.34. The van der Waals surface area contributed by atoms with Crippen molar-refractivity contribution in [1.29, 1.82) is 0 Å². The van der Waals surface area contributed by atoms with E-state index in [0.29, 0.717) is 5.56 Å². The number of carboxylic acid groups (broad SMARTS) is 1. The van der Waals surface area contributed by atoms with Gasteiger partial charge in [0.1, 0.15) is 5.82 Å². The zero-order valence-corrected chi connectivity index (χ0v) is 18.4. The number of fused-ring (bicyclic) bond motifs is 1. The predicted octanol–water partition coefficient (Wildman–Crippen LogP) is 4.77. The van der Waals surface area contributed by atoms with Gasteiger partial charge in [0.05, 0.1) is 16.9 Å². The first-order valence-electron chi connectivity index (χ1n) is 10.5. The number of hydrogen-bond donors (Lipinski definition) is 1. The second-order valence-corrected chi connectivity index (χ2v) is 7.89. The molecule has 0 spiro atoms. The Hall–Kier alpha value is -4.15. The number of pyridine rings is 2. The van der Waals surface area contributed by atoms with E-state index in [1.165, 1.54) is 6.20 Å². The van der Waals surface area contributed by atoms with Crippen molar-refractivity contribution in [3.63, 3.8) is 0 Å². The summed E-state index contributed by atoms with van der Waals surface area (Å²) in [7, 11) is 0. The monoisotopic (exact) mass is 485 g/mol. The van der Waals surface area contributed by atoms with E-state index >= 15 is 0 Å². The molecule has 0 atom stereocenters. The summed E-state index contributed by atoms with van der Waals surface area (Å²) in [5.74, 6) is -1.99. The van der Waals surface area contributed by atoms with Crippen molar-refractivity contribution < 1.29 is 27.5 Å². The third-order valence-corrected chi connectivity index (χ3v) is 5.43. The zero-order valence-electron chi connectivity index (χ0n) is 18.4. The number of nitrogens with zero attached hydrogens (tertiary/aromatic N) is 5. The van der Waals surface area contributed by atoms with Crippen LogP contribution >= 0.6 is 0 Å². The Morgan fingerprint density at radius 1 is 1.06 bits per heavy atom. The molecule has 0 aliphatic carbocycles. The van der Waals surface area contributed by atoms with Gasteiger partial charge in [-0.2, -0.15) is 17.6 Å². The van der Waals surface area contributed by atoms with Crippen molar-refractivity contribution in [2.75, 3.05) is 18.0 Å². The molecule has 4 aromatic rings. The zero-order chi connectivity index (χ0) is 25.2. The lowest BCUT2D eigenvalue weighted by atomic mass is 9.92. The van der Waals surface area contributed by atoms with Crippen LogP contribution in [-0.4, -0.2) is 50.3 Å². The van der Waals surface area contributed by atoms with Crippen LogP contribution in [0.3, 0.4) is 0 Å². The van der Waals surface area contributed by atoms with Gasteiger partial charge < -0.3 is 10.0 Å². The van der Waals surface area contributed by atoms with Crippen molar-refractivity contribution in [3.05, 3.63) is 78.3 Å². The molecule has 0 unspecified atom stereocenters. The highest BCUT2D eigenvalue weighted by Gasteiger charge is 2.38. The Kier molecular flexibility index (Phi) is 6.59. The number of para-hydroxylation sites is 1. The maximum absolute atomic E-state index is 13.5. The molecule has 0 saturated carbocycles. The van der Waals surface area contributed by atoms with Crippen LogP contribution in [0.1, 0.15) is 17.2 Å². The van der Waals surface area contributed by atoms with Crippen molar-refractivity contribution in [3.8, 4) is 11.3 Å². The van der Waals surface area contributed by atoms with Crippen LogP contribution in [0.25, 0.3) is 22.2 Å². The fourth-order valence-corrected chi connectivity index (χ4v) is 3.63. The topological polar surface area (TPSA) is 92.1 Å². The van der Waals surface area contributed by atoms with Gasteiger partial charge in [-0.05, 0) is 31.2 Å².